The molecule has 1 aliphatic heterocycles. The van der Waals surface area contributed by atoms with E-state index in [0.29, 0.717) is 16.9 Å². The highest BCUT2D eigenvalue weighted by atomic mass is 16.5. The molecule has 0 amide bonds. The van der Waals surface area contributed by atoms with E-state index in [4.69, 9.17) is 10.5 Å². The van der Waals surface area contributed by atoms with Crippen LogP contribution in [0.3, 0.4) is 0 Å². The third-order valence-electron chi connectivity index (χ3n) is 3.87. The molecule has 0 aliphatic carbocycles. The monoisotopic (exact) mass is 322 g/mol. The summed E-state index contributed by atoms with van der Waals surface area (Å²) in [7, 11) is 1.31. The summed E-state index contributed by atoms with van der Waals surface area (Å²) < 4.78 is 10.1. The highest BCUT2D eigenvalue weighted by Gasteiger charge is 2.30. The number of methoxy groups -OCH3 is 1. The predicted octanol–water partition coefficient (Wildman–Crippen LogP) is 2.40. The van der Waals surface area contributed by atoms with Crippen LogP contribution in [0.2, 0.25) is 0 Å². The number of fused-ring (bicyclic) bond motifs is 1. The van der Waals surface area contributed by atoms with Gasteiger partial charge in [0.2, 0.25) is 5.88 Å². The number of hydrogen-bond acceptors (Lipinski definition) is 6. The van der Waals surface area contributed by atoms with E-state index in [-0.39, 0.29) is 17.2 Å². The maximum Gasteiger partial charge on any atom is 0.337 e. The Morgan fingerprint density at radius 3 is 2.62 bits per heavy atom. The summed E-state index contributed by atoms with van der Waals surface area (Å²) in [5.74, 6) is -0.437. The van der Waals surface area contributed by atoms with Crippen LogP contribution in [-0.4, -0.2) is 18.2 Å². The predicted molar refractivity (Wildman–Crippen MR) is 85.2 cm³/mol. The zero-order valence-electron chi connectivity index (χ0n) is 12.8. The number of hydrogen-bond donors (Lipinski definition) is 2. The highest BCUT2D eigenvalue weighted by molar-refractivity contribution is 5.89. The van der Waals surface area contributed by atoms with Gasteiger partial charge in [-0.1, -0.05) is 18.2 Å². The molecule has 120 valence electrons. The third-order valence-corrected chi connectivity index (χ3v) is 3.87. The molecule has 0 unspecified atom stereocenters. The number of phenolic OH excluding ortho intramolecular Hbond substituents is 1. The number of aromatic hydroxyl groups is 1. The number of nitrogens with zero attached hydrogens (tertiary/aromatic N) is 1. The molecule has 0 spiro atoms. The van der Waals surface area contributed by atoms with Crippen LogP contribution in [0.5, 0.6) is 11.5 Å². The molecule has 2 aromatic carbocycles. The Morgan fingerprint density at radius 2 is 2.00 bits per heavy atom. The second kappa shape index (κ2) is 5.97. The van der Waals surface area contributed by atoms with Crippen LogP contribution in [0.25, 0.3) is 0 Å². The first-order valence-electron chi connectivity index (χ1n) is 7.14. The molecule has 0 saturated heterocycles. The van der Waals surface area contributed by atoms with Gasteiger partial charge in [-0.05, 0) is 23.8 Å². The van der Waals surface area contributed by atoms with Crippen molar-refractivity contribution >= 4 is 5.97 Å². The lowest BCUT2D eigenvalue weighted by Crippen LogP contribution is -2.21. The van der Waals surface area contributed by atoms with E-state index in [9.17, 15) is 15.2 Å². The molecule has 6 nitrogen and oxygen atoms in total. The fourth-order valence-corrected chi connectivity index (χ4v) is 2.72. The third kappa shape index (κ3) is 2.52. The van der Waals surface area contributed by atoms with Gasteiger partial charge in [0, 0.05) is 11.6 Å². The molecule has 24 heavy (non-hydrogen) atoms. The Morgan fingerprint density at radius 1 is 1.29 bits per heavy atom. The van der Waals surface area contributed by atoms with Gasteiger partial charge < -0.3 is 20.3 Å². The number of allylic oxidation sites excluding steroid dienone is 1. The minimum absolute atomic E-state index is 0.00218. The van der Waals surface area contributed by atoms with Crippen molar-refractivity contribution in [2.45, 2.75) is 5.92 Å². The van der Waals surface area contributed by atoms with Gasteiger partial charge in [-0.15, -0.1) is 0 Å². The van der Waals surface area contributed by atoms with Gasteiger partial charge in [0.05, 0.1) is 18.6 Å². The van der Waals surface area contributed by atoms with Gasteiger partial charge in [-0.2, -0.15) is 5.26 Å². The maximum atomic E-state index is 11.6. The van der Waals surface area contributed by atoms with Gasteiger partial charge in [0.15, 0.2) is 0 Å². The lowest BCUT2D eigenvalue weighted by atomic mass is 9.83. The quantitative estimate of drug-likeness (QED) is 0.822. The van der Waals surface area contributed by atoms with Crippen LogP contribution >= 0.6 is 0 Å². The second-order valence-electron chi connectivity index (χ2n) is 5.26. The molecule has 3 rings (SSSR count). The van der Waals surface area contributed by atoms with Gasteiger partial charge in [0.25, 0.3) is 0 Å². The second-order valence-corrected chi connectivity index (χ2v) is 5.26. The number of ether oxygens (including phenoxy) is 2. The molecule has 1 atom stereocenters. The van der Waals surface area contributed by atoms with E-state index in [1.54, 1.807) is 30.3 Å². The lowest BCUT2D eigenvalue weighted by Gasteiger charge is -2.26. The first-order chi connectivity index (χ1) is 11.5. The van der Waals surface area contributed by atoms with Crippen molar-refractivity contribution in [2.75, 3.05) is 7.11 Å². The summed E-state index contributed by atoms with van der Waals surface area (Å²) in [6.07, 6.45) is 0. The van der Waals surface area contributed by atoms with Gasteiger partial charge >= 0.3 is 5.97 Å². The topological polar surface area (TPSA) is 106 Å². The molecular formula is C18H14N2O4. The smallest absolute Gasteiger partial charge is 0.337 e. The van der Waals surface area contributed by atoms with Crippen molar-refractivity contribution in [1.29, 1.82) is 5.26 Å². The van der Waals surface area contributed by atoms with Crippen LogP contribution in [0.15, 0.2) is 53.9 Å². The van der Waals surface area contributed by atoms with E-state index >= 15 is 0 Å². The molecule has 1 aliphatic rings. The van der Waals surface area contributed by atoms with Crippen LogP contribution in [0.1, 0.15) is 27.4 Å². The number of phenols is 1. The van der Waals surface area contributed by atoms with Crippen LogP contribution in [0, 0.1) is 11.3 Å². The van der Waals surface area contributed by atoms with Crippen molar-refractivity contribution in [3.8, 4) is 17.6 Å². The fourth-order valence-electron chi connectivity index (χ4n) is 2.72. The Labute approximate surface area is 138 Å². The number of esters is 1. The Bertz CT molecular complexity index is 879. The minimum atomic E-state index is -0.439. The largest absolute Gasteiger partial charge is 0.508 e. The molecule has 6 heteroatoms. The van der Waals surface area contributed by atoms with E-state index in [2.05, 4.69) is 10.8 Å². The van der Waals surface area contributed by atoms with E-state index < -0.39 is 11.9 Å². The molecule has 0 saturated carbocycles. The van der Waals surface area contributed by atoms with Crippen molar-refractivity contribution in [1.82, 2.24) is 0 Å². The van der Waals surface area contributed by atoms with Crippen molar-refractivity contribution in [3.05, 3.63) is 70.6 Å². The minimum Gasteiger partial charge on any atom is -0.508 e. The lowest BCUT2D eigenvalue weighted by molar-refractivity contribution is 0.0600. The average molecular weight is 322 g/mol. The summed E-state index contributed by atoms with van der Waals surface area (Å²) in [4.78, 5) is 11.6. The Balaban J connectivity index is 2.11. The van der Waals surface area contributed by atoms with E-state index in [1.165, 1.54) is 19.2 Å². The van der Waals surface area contributed by atoms with Crippen LogP contribution in [-0.2, 0) is 4.74 Å². The number of carbonyl (C=O) groups is 1. The SMILES string of the molecule is COC(=O)c1ccc([C@H]2C(C#N)=C(N)Oc3cc(O)ccc32)cc1. The van der Waals surface area contributed by atoms with Crippen LogP contribution in [0.4, 0.5) is 0 Å². The normalized spacial score (nSPS) is 15.9. The van der Waals surface area contributed by atoms with E-state index in [1.807, 2.05) is 0 Å². The Kier molecular flexibility index (Phi) is 3.84. The van der Waals surface area contributed by atoms with Gasteiger partial charge in [-0.3, -0.25) is 0 Å². The maximum absolute atomic E-state index is 11.6. The summed E-state index contributed by atoms with van der Waals surface area (Å²) in [5, 5.41) is 19.1. The van der Waals surface area contributed by atoms with Crippen molar-refractivity contribution in [2.24, 2.45) is 5.73 Å². The summed E-state index contributed by atoms with van der Waals surface area (Å²) in [6, 6.07) is 13.5. The van der Waals surface area contributed by atoms with Crippen LogP contribution < -0.4 is 10.5 Å². The molecular weight excluding hydrogens is 308 g/mol. The molecule has 0 bridgehead atoms. The zero-order valence-corrected chi connectivity index (χ0v) is 12.8. The Hall–Kier alpha value is -3.46. The van der Waals surface area contributed by atoms with Crippen molar-refractivity contribution in [3.63, 3.8) is 0 Å². The van der Waals surface area contributed by atoms with Crippen molar-refractivity contribution < 1.29 is 19.4 Å². The van der Waals surface area contributed by atoms with Gasteiger partial charge in [-0.25, -0.2) is 4.79 Å². The molecule has 1 heterocycles. The summed E-state index contributed by atoms with van der Waals surface area (Å²) in [6.45, 7) is 0. The number of benzene rings is 2. The highest BCUT2D eigenvalue weighted by Crippen LogP contribution is 2.43. The fraction of sp³-hybridized carbons (Fsp3) is 0.111. The first-order valence-corrected chi connectivity index (χ1v) is 7.14. The standard InChI is InChI=1S/C18H14N2O4/c1-23-18(22)11-4-2-10(3-5-11)16-13-7-6-12(21)8-15(13)24-17(20)14(16)9-19/h2-8,16,21H,20H2,1H3/t16-/m1/s1. The zero-order chi connectivity index (χ0) is 17.3. The molecule has 0 fully saturated rings. The number of nitriles is 1. The number of nitrogens with two attached hydrogens (primary N) is 1. The number of carbonyl (C=O) groups excluding carboxylic acids is 1. The summed E-state index contributed by atoms with van der Waals surface area (Å²) >= 11 is 0. The summed E-state index contributed by atoms with van der Waals surface area (Å²) in [5.41, 5.74) is 8.04. The van der Waals surface area contributed by atoms with E-state index in [0.717, 1.165) is 5.56 Å². The molecule has 0 aromatic heterocycles. The molecule has 2 aromatic rings. The average Bonchev–Trinajstić information content (AvgIpc) is 2.59. The molecule has 0 radical (unpaired) electrons. The van der Waals surface area contributed by atoms with Gasteiger partial charge in [0.1, 0.15) is 23.1 Å². The molecule has 3 N–H and O–H groups in total. The number of rotatable bonds is 2. The first kappa shape index (κ1) is 15.4.